The number of hydrogen-bond donors (Lipinski definition) is 0. The Balaban J connectivity index is 1.91. The van der Waals surface area contributed by atoms with Crippen LogP contribution in [0.2, 0.25) is 5.15 Å². The number of methoxy groups -OCH3 is 1. The van der Waals surface area contributed by atoms with E-state index < -0.39 is 5.60 Å². The molecule has 0 fully saturated rings. The lowest BCUT2D eigenvalue weighted by molar-refractivity contribution is 0.0220. The van der Waals surface area contributed by atoms with Gasteiger partial charge in [-0.3, -0.25) is 0 Å². The number of rotatable bonds is 5. The number of hydrogen-bond acceptors (Lipinski definition) is 7. The summed E-state index contributed by atoms with van der Waals surface area (Å²) in [4.78, 5) is 27.5. The Morgan fingerprint density at radius 2 is 2.03 bits per heavy atom. The van der Waals surface area contributed by atoms with Crippen LogP contribution in [-0.4, -0.2) is 58.4 Å². The zero-order valence-electron chi connectivity index (χ0n) is 17.1. The molecule has 0 spiro atoms. The third kappa shape index (κ3) is 5.55. The minimum atomic E-state index is -0.558. The molecule has 0 N–H and O–H groups in total. The Hall–Kier alpha value is -2.45. The van der Waals surface area contributed by atoms with Crippen LogP contribution in [-0.2, 0) is 22.4 Å². The maximum atomic E-state index is 12.5. The van der Waals surface area contributed by atoms with Gasteiger partial charge in [0.2, 0.25) is 5.88 Å². The predicted molar refractivity (Wildman–Crippen MR) is 108 cm³/mol. The highest BCUT2D eigenvalue weighted by molar-refractivity contribution is 6.29. The lowest BCUT2D eigenvalue weighted by atomic mass is 10.1. The van der Waals surface area contributed by atoms with E-state index in [1.54, 1.807) is 24.3 Å². The zero-order valence-corrected chi connectivity index (χ0v) is 17.8. The van der Waals surface area contributed by atoms with Crippen molar-refractivity contribution in [1.82, 2.24) is 19.9 Å². The van der Waals surface area contributed by atoms with E-state index in [-0.39, 0.29) is 6.09 Å². The van der Waals surface area contributed by atoms with Crippen molar-refractivity contribution in [3.8, 4) is 17.3 Å². The number of halogens is 1. The molecule has 1 aliphatic rings. The second-order valence-electron chi connectivity index (χ2n) is 7.64. The molecule has 9 heteroatoms. The number of nitrogens with zero attached hydrogens (tertiary/aromatic N) is 4. The van der Waals surface area contributed by atoms with Gasteiger partial charge in [0, 0.05) is 31.8 Å². The minimum absolute atomic E-state index is 0.325. The monoisotopic (exact) mass is 420 g/mol. The van der Waals surface area contributed by atoms with Crippen molar-refractivity contribution in [2.24, 2.45) is 0 Å². The van der Waals surface area contributed by atoms with E-state index in [0.29, 0.717) is 49.6 Å². The van der Waals surface area contributed by atoms with E-state index in [1.165, 1.54) is 0 Å². The van der Waals surface area contributed by atoms with Gasteiger partial charge in [-0.25, -0.2) is 14.8 Å². The summed E-state index contributed by atoms with van der Waals surface area (Å²) in [5.74, 6) is 0.941. The van der Waals surface area contributed by atoms with Crippen molar-refractivity contribution in [3.63, 3.8) is 0 Å². The van der Waals surface area contributed by atoms with Crippen molar-refractivity contribution in [2.45, 2.75) is 39.3 Å². The Morgan fingerprint density at radius 1 is 1.24 bits per heavy atom. The van der Waals surface area contributed by atoms with Crippen LogP contribution in [0.1, 0.15) is 32.0 Å². The fraction of sp³-hybridized carbons (Fsp3) is 0.500. The second-order valence-corrected chi connectivity index (χ2v) is 8.03. The van der Waals surface area contributed by atoms with E-state index in [0.717, 1.165) is 16.8 Å². The highest BCUT2D eigenvalue weighted by Crippen LogP contribution is 2.29. The summed E-state index contributed by atoms with van der Waals surface area (Å²) in [6.07, 6.45) is 1.84. The first-order valence-corrected chi connectivity index (χ1v) is 9.76. The van der Waals surface area contributed by atoms with E-state index in [1.807, 2.05) is 26.8 Å². The average Bonchev–Trinajstić information content (AvgIpc) is 2.67. The smallest absolute Gasteiger partial charge is 0.410 e. The highest BCUT2D eigenvalue weighted by atomic mass is 35.5. The number of ether oxygens (including phenoxy) is 3. The molecule has 3 heterocycles. The average molecular weight is 421 g/mol. The molecular formula is C20H25ClN4O4. The number of aromatic nitrogens is 3. The summed E-state index contributed by atoms with van der Waals surface area (Å²) >= 11 is 5.88. The summed E-state index contributed by atoms with van der Waals surface area (Å²) in [5, 5.41) is 0.399. The van der Waals surface area contributed by atoms with Crippen molar-refractivity contribution >= 4 is 17.7 Å². The number of carbonyl (C=O) groups is 1. The normalized spacial score (nSPS) is 13.8. The molecule has 0 bridgehead atoms. The molecule has 0 saturated heterocycles. The van der Waals surface area contributed by atoms with Crippen LogP contribution < -0.4 is 4.74 Å². The molecule has 0 aliphatic carbocycles. The van der Waals surface area contributed by atoms with Crippen molar-refractivity contribution in [2.75, 3.05) is 26.9 Å². The topological polar surface area (TPSA) is 86.7 Å². The molecule has 1 amide bonds. The van der Waals surface area contributed by atoms with E-state index in [4.69, 9.17) is 25.8 Å². The van der Waals surface area contributed by atoms with Gasteiger partial charge < -0.3 is 19.1 Å². The molecule has 0 unspecified atom stereocenters. The Labute approximate surface area is 175 Å². The largest absolute Gasteiger partial charge is 0.475 e. The Kier molecular flexibility index (Phi) is 6.54. The molecule has 8 nitrogen and oxygen atoms in total. The second kappa shape index (κ2) is 8.92. The molecule has 2 aromatic heterocycles. The van der Waals surface area contributed by atoms with Gasteiger partial charge >= 0.3 is 6.09 Å². The summed E-state index contributed by atoms with van der Waals surface area (Å²) in [6, 6.07) is 3.50. The standard InChI is InChI=1S/C20H25ClN4O4/c1-20(2,3)29-19(26)25-8-7-15-14(12-25)18(28-10-9-27-4)24-17(23-15)13-5-6-16(21)22-11-13/h5-6,11H,7-10,12H2,1-4H3. The van der Waals surface area contributed by atoms with Gasteiger partial charge in [0.1, 0.15) is 17.4 Å². The molecule has 0 aromatic carbocycles. The fourth-order valence-corrected chi connectivity index (χ4v) is 2.96. The molecule has 3 rings (SSSR count). The van der Waals surface area contributed by atoms with Gasteiger partial charge in [-0.2, -0.15) is 4.98 Å². The zero-order chi connectivity index (χ0) is 21.0. The number of amides is 1. The third-order valence-electron chi connectivity index (χ3n) is 4.19. The van der Waals surface area contributed by atoms with Crippen LogP contribution in [0.4, 0.5) is 4.79 Å². The SMILES string of the molecule is COCCOc1nc(-c2ccc(Cl)nc2)nc2c1CN(C(=O)OC(C)(C)C)CC2. The molecule has 156 valence electrons. The van der Waals surface area contributed by atoms with Crippen molar-refractivity contribution < 1.29 is 19.0 Å². The van der Waals surface area contributed by atoms with E-state index in [2.05, 4.69) is 15.0 Å². The number of fused-ring (bicyclic) bond motifs is 1. The maximum Gasteiger partial charge on any atom is 0.410 e. The first-order valence-electron chi connectivity index (χ1n) is 9.38. The van der Waals surface area contributed by atoms with E-state index in [9.17, 15) is 4.79 Å². The molecule has 0 radical (unpaired) electrons. The van der Waals surface area contributed by atoms with Gasteiger partial charge in [-0.05, 0) is 32.9 Å². The van der Waals surface area contributed by atoms with Crippen LogP contribution >= 0.6 is 11.6 Å². The van der Waals surface area contributed by atoms with Gasteiger partial charge in [0.15, 0.2) is 5.82 Å². The highest BCUT2D eigenvalue weighted by Gasteiger charge is 2.29. The van der Waals surface area contributed by atoms with Crippen molar-refractivity contribution in [1.29, 1.82) is 0 Å². The van der Waals surface area contributed by atoms with Gasteiger partial charge in [-0.1, -0.05) is 11.6 Å². The molecule has 2 aromatic rings. The third-order valence-corrected chi connectivity index (χ3v) is 4.41. The molecular weight excluding hydrogens is 396 g/mol. The lowest BCUT2D eigenvalue weighted by Gasteiger charge is -2.31. The molecule has 0 atom stereocenters. The van der Waals surface area contributed by atoms with Gasteiger partial charge in [-0.15, -0.1) is 0 Å². The summed E-state index contributed by atoms with van der Waals surface area (Å²) < 4.78 is 16.4. The number of pyridine rings is 1. The quantitative estimate of drug-likeness (QED) is 0.540. The number of carbonyl (C=O) groups excluding carboxylic acids is 1. The first kappa shape index (κ1) is 21.3. The summed E-state index contributed by atoms with van der Waals surface area (Å²) in [5.41, 5.74) is 1.81. The van der Waals surface area contributed by atoms with Crippen LogP contribution in [0.5, 0.6) is 5.88 Å². The Bertz CT molecular complexity index is 868. The van der Waals surface area contributed by atoms with Gasteiger partial charge in [0.05, 0.1) is 24.4 Å². The minimum Gasteiger partial charge on any atom is -0.475 e. The van der Waals surface area contributed by atoms with E-state index >= 15 is 0 Å². The van der Waals surface area contributed by atoms with Crippen LogP contribution in [0.25, 0.3) is 11.4 Å². The van der Waals surface area contributed by atoms with Crippen molar-refractivity contribution in [3.05, 3.63) is 34.7 Å². The summed E-state index contributed by atoms with van der Waals surface area (Å²) in [7, 11) is 1.61. The first-order chi connectivity index (χ1) is 13.8. The van der Waals surface area contributed by atoms with Crippen LogP contribution in [0.3, 0.4) is 0 Å². The van der Waals surface area contributed by atoms with Crippen LogP contribution in [0.15, 0.2) is 18.3 Å². The molecule has 1 aliphatic heterocycles. The summed E-state index contributed by atoms with van der Waals surface area (Å²) in [6.45, 7) is 7.13. The lowest BCUT2D eigenvalue weighted by Crippen LogP contribution is -2.40. The van der Waals surface area contributed by atoms with Crippen LogP contribution in [0, 0.1) is 0 Å². The molecule has 0 saturated carbocycles. The fourth-order valence-electron chi connectivity index (χ4n) is 2.84. The predicted octanol–water partition coefficient (Wildman–Crippen LogP) is 3.51. The molecule has 29 heavy (non-hydrogen) atoms. The van der Waals surface area contributed by atoms with Gasteiger partial charge in [0.25, 0.3) is 0 Å². The maximum absolute atomic E-state index is 12.5. The Morgan fingerprint density at radius 3 is 2.69 bits per heavy atom.